The number of carbonyl (C=O) groups excluding carboxylic acids is 2. The summed E-state index contributed by atoms with van der Waals surface area (Å²) in [7, 11) is 0. The van der Waals surface area contributed by atoms with Crippen molar-refractivity contribution >= 4 is 12.0 Å². The summed E-state index contributed by atoms with van der Waals surface area (Å²) in [6, 6.07) is 5.31. The molecule has 1 aromatic heterocycles. The van der Waals surface area contributed by atoms with Crippen molar-refractivity contribution in [3.63, 3.8) is 0 Å². The van der Waals surface area contributed by atoms with Crippen LogP contribution in [0.15, 0.2) is 24.4 Å². The van der Waals surface area contributed by atoms with Gasteiger partial charge in [0.1, 0.15) is 13.2 Å². The van der Waals surface area contributed by atoms with Crippen LogP contribution < -0.4 is 5.32 Å². The molecule has 2 aliphatic rings. The molecule has 2 N–H and O–H groups in total. The van der Waals surface area contributed by atoms with E-state index in [1.54, 1.807) is 6.20 Å². The van der Waals surface area contributed by atoms with Gasteiger partial charge in [0.05, 0.1) is 24.4 Å². The molecule has 1 aromatic rings. The molecular weight excluding hydrogens is 286 g/mol. The molecule has 2 amide bonds. The minimum Gasteiger partial charge on any atom is -0.448 e. The first kappa shape index (κ1) is 14.8. The molecule has 1 aliphatic heterocycles. The number of aliphatic hydroxyl groups excluding tert-OH is 1. The average Bonchev–Trinajstić information content (AvgIpc) is 2.88. The highest BCUT2D eigenvalue weighted by Gasteiger charge is 2.36. The van der Waals surface area contributed by atoms with Crippen molar-refractivity contribution in [2.45, 2.75) is 25.0 Å². The summed E-state index contributed by atoms with van der Waals surface area (Å²) in [6.45, 7) is 0.741. The molecule has 22 heavy (non-hydrogen) atoms. The van der Waals surface area contributed by atoms with Crippen LogP contribution >= 0.6 is 0 Å². The van der Waals surface area contributed by atoms with Crippen molar-refractivity contribution in [2.75, 3.05) is 19.7 Å². The Bertz CT molecular complexity index is 545. The minimum atomic E-state index is -0.455. The summed E-state index contributed by atoms with van der Waals surface area (Å²) >= 11 is 0. The molecule has 0 spiro atoms. The van der Waals surface area contributed by atoms with Crippen molar-refractivity contribution in [1.82, 2.24) is 15.2 Å². The fourth-order valence-corrected chi connectivity index (χ4v) is 2.86. The van der Waals surface area contributed by atoms with E-state index in [0.717, 1.165) is 5.69 Å². The largest absolute Gasteiger partial charge is 0.448 e. The maximum absolute atomic E-state index is 12.2. The summed E-state index contributed by atoms with van der Waals surface area (Å²) in [5.41, 5.74) is 0.775. The van der Waals surface area contributed by atoms with Crippen LogP contribution in [0.25, 0.3) is 0 Å². The number of pyridine rings is 1. The highest BCUT2D eigenvalue weighted by molar-refractivity contribution is 5.83. The lowest BCUT2D eigenvalue weighted by Gasteiger charge is -2.37. The van der Waals surface area contributed by atoms with Crippen LogP contribution in [0.4, 0.5) is 4.79 Å². The van der Waals surface area contributed by atoms with E-state index in [1.807, 2.05) is 18.2 Å². The van der Waals surface area contributed by atoms with Gasteiger partial charge in [-0.15, -0.1) is 0 Å². The summed E-state index contributed by atoms with van der Waals surface area (Å²) in [5, 5.41) is 12.5. The molecule has 1 aliphatic carbocycles. The summed E-state index contributed by atoms with van der Waals surface area (Å²) < 4.78 is 4.81. The molecule has 1 saturated carbocycles. The molecule has 118 valence electrons. The number of ether oxygens (including phenoxy) is 1. The summed E-state index contributed by atoms with van der Waals surface area (Å²) in [5.74, 6) is -0.0738. The Balaban J connectivity index is 1.65. The van der Waals surface area contributed by atoms with Crippen LogP contribution in [0, 0.1) is 5.92 Å². The van der Waals surface area contributed by atoms with Gasteiger partial charge in [-0.1, -0.05) is 6.07 Å². The van der Waals surface area contributed by atoms with Gasteiger partial charge in [-0.25, -0.2) is 4.79 Å². The number of nitrogens with zero attached hydrogens (tertiary/aromatic N) is 2. The van der Waals surface area contributed by atoms with Crippen LogP contribution in [-0.2, 0) is 9.53 Å². The van der Waals surface area contributed by atoms with Crippen molar-refractivity contribution in [2.24, 2.45) is 5.92 Å². The molecular formula is C15H19N3O4. The Hall–Kier alpha value is -2.15. The van der Waals surface area contributed by atoms with E-state index >= 15 is 0 Å². The molecule has 2 heterocycles. The fraction of sp³-hybridized carbons (Fsp3) is 0.533. The standard InChI is InChI=1S/C15H19N3O4/c19-11-7-10(8-11)14(12-3-1-2-4-16-12)17-13(20)9-18-5-6-22-15(18)21/h1-4,10-11,14,19H,5-9H2,(H,17,20). The van der Waals surface area contributed by atoms with Gasteiger partial charge in [0.15, 0.2) is 0 Å². The van der Waals surface area contributed by atoms with Crippen LogP contribution in [-0.4, -0.2) is 52.8 Å². The van der Waals surface area contributed by atoms with Crippen LogP contribution in [0.3, 0.4) is 0 Å². The maximum Gasteiger partial charge on any atom is 0.410 e. The molecule has 1 saturated heterocycles. The molecule has 0 radical (unpaired) electrons. The molecule has 0 aromatic carbocycles. The predicted octanol–water partition coefficient (Wildman–Crippen LogP) is 0.462. The Morgan fingerprint density at radius 2 is 2.32 bits per heavy atom. The van der Waals surface area contributed by atoms with Crippen molar-refractivity contribution in [3.05, 3.63) is 30.1 Å². The zero-order valence-electron chi connectivity index (χ0n) is 12.1. The Labute approximate surface area is 128 Å². The van der Waals surface area contributed by atoms with Crippen LogP contribution in [0.1, 0.15) is 24.6 Å². The second kappa shape index (κ2) is 6.31. The second-order valence-corrected chi connectivity index (χ2v) is 5.72. The number of rotatable bonds is 5. The van der Waals surface area contributed by atoms with E-state index in [0.29, 0.717) is 26.0 Å². The Morgan fingerprint density at radius 1 is 1.50 bits per heavy atom. The number of cyclic esters (lactones) is 1. The lowest BCUT2D eigenvalue weighted by Crippen LogP contribution is -2.45. The minimum absolute atomic E-state index is 0.0164. The lowest BCUT2D eigenvalue weighted by atomic mass is 9.76. The van der Waals surface area contributed by atoms with Gasteiger partial charge >= 0.3 is 6.09 Å². The number of carbonyl (C=O) groups is 2. The van der Waals surface area contributed by atoms with Gasteiger partial charge in [-0.3, -0.25) is 14.7 Å². The van der Waals surface area contributed by atoms with Gasteiger partial charge in [0.2, 0.25) is 5.91 Å². The van der Waals surface area contributed by atoms with Gasteiger partial charge < -0.3 is 15.2 Å². The quantitative estimate of drug-likeness (QED) is 0.824. The number of hydrogen-bond donors (Lipinski definition) is 2. The fourth-order valence-electron chi connectivity index (χ4n) is 2.86. The molecule has 2 fully saturated rings. The van der Waals surface area contributed by atoms with Crippen LogP contribution in [0.5, 0.6) is 0 Å². The lowest BCUT2D eigenvalue weighted by molar-refractivity contribution is -0.123. The molecule has 0 bridgehead atoms. The monoisotopic (exact) mass is 305 g/mol. The predicted molar refractivity (Wildman–Crippen MR) is 76.8 cm³/mol. The van der Waals surface area contributed by atoms with E-state index in [4.69, 9.17) is 4.74 Å². The van der Waals surface area contributed by atoms with Crippen molar-refractivity contribution < 1.29 is 19.4 Å². The molecule has 1 unspecified atom stereocenters. The highest BCUT2D eigenvalue weighted by atomic mass is 16.6. The van der Waals surface area contributed by atoms with E-state index in [2.05, 4.69) is 10.3 Å². The van der Waals surface area contributed by atoms with Crippen LogP contribution in [0.2, 0.25) is 0 Å². The zero-order valence-corrected chi connectivity index (χ0v) is 12.1. The number of amides is 2. The third kappa shape index (κ3) is 3.19. The number of nitrogens with one attached hydrogen (secondary N) is 1. The van der Waals surface area contributed by atoms with E-state index in [-0.39, 0.29) is 30.5 Å². The van der Waals surface area contributed by atoms with Gasteiger partial charge in [-0.05, 0) is 30.9 Å². The van der Waals surface area contributed by atoms with Crippen molar-refractivity contribution in [3.8, 4) is 0 Å². The number of aliphatic hydroxyl groups is 1. The van der Waals surface area contributed by atoms with E-state index in [9.17, 15) is 14.7 Å². The maximum atomic E-state index is 12.2. The highest BCUT2D eigenvalue weighted by Crippen LogP contribution is 2.37. The van der Waals surface area contributed by atoms with Gasteiger partial charge in [0, 0.05) is 6.20 Å². The molecule has 7 nitrogen and oxygen atoms in total. The first-order valence-corrected chi connectivity index (χ1v) is 7.43. The van der Waals surface area contributed by atoms with Gasteiger partial charge in [0.25, 0.3) is 0 Å². The van der Waals surface area contributed by atoms with Gasteiger partial charge in [-0.2, -0.15) is 0 Å². The smallest absolute Gasteiger partial charge is 0.410 e. The SMILES string of the molecule is O=C(CN1CCOC1=O)NC(c1ccccn1)C1CC(O)C1. The number of hydrogen-bond acceptors (Lipinski definition) is 5. The van der Waals surface area contributed by atoms with E-state index in [1.165, 1.54) is 4.90 Å². The third-order valence-corrected chi connectivity index (χ3v) is 4.12. The summed E-state index contributed by atoms with van der Waals surface area (Å²) in [6.07, 6.45) is 2.22. The van der Waals surface area contributed by atoms with E-state index < -0.39 is 6.09 Å². The van der Waals surface area contributed by atoms with Crippen molar-refractivity contribution in [1.29, 1.82) is 0 Å². The third-order valence-electron chi connectivity index (χ3n) is 4.12. The number of aromatic nitrogens is 1. The topological polar surface area (TPSA) is 91.8 Å². The zero-order chi connectivity index (χ0) is 15.5. The second-order valence-electron chi connectivity index (χ2n) is 5.72. The molecule has 7 heteroatoms. The average molecular weight is 305 g/mol. The molecule has 3 rings (SSSR count). The Morgan fingerprint density at radius 3 is 2.91 bits per heavy atom. The first-order chi connectivity index (χ1) is 10.6. The summed E-state index contributed by atoms with van der Waals surface area (Å²) in [4.78, 5) is 29.3. The first-order valence-electron chi connectivity index (χ1n) is 7.43. The molecule has 1 atom stereocenters. The Kier molecular flexibility index (Phi) is 4.24. The normalized spacial score (nSPS) is 25.3.